The van der Waals surface area contributed by atoms with E-state index in [-0.39, 0.29) is 18.0 Å². The molecular weight excluding hydrogens is 299 g/mol. The minimum absolute atomic E-state index is 0.0783. The molecule has 2 aromatic carbocycles. The first-order valence-corrected chi connectivity index (χ1v) is 7.22. The maximum Gasteiger partial charge on any atom is 0.272 e. The second kappa shape index (κ2) is 6.85. The van der Waals surface area contributed by atoms with E-state index in [0.717, 1.165) is 5.56 Å². The van der Waals surface area contributed by atoms with E-state index in [9.17, 15) is 19.6 Å². The highest BCUT2D eigenvalue weighted by Gasteiger charge is 2.22. The molecule has 23 heavy (non-hydrogen) atoms. The zero-order valence-corrected chi connectivity index (χ0v) is 13.0. The molecule has 2 aromatic rings. The first-order chi connectivity index (χ1) is 10.8. The minimum Gasteiger partial charge on any atom is -0.384 e. The summed E-state index contributed by atoms with van der Waals surface area (Å²) in [5.41, 5.74) is 0.884. The number of nitrogens with zero attached hydrogens (tertiary/aromatic N) is 1. The SMILES string of the molecule is Cc1ccc(CNCC(C)(O)c2ccc(F)cc2)cc1[N+](=O)[O-]. The van der Waals surface area contributed by atoms with E-state index in [1.165, 1.54) is 30.3 Å². The monoisotopic (exact) mass is 318 g/mol. The third-order valence-corrected chi connectivity index (χ3v) is 3.73. The van der Waals surface area contributed by atoms with Crippen LogP contribution < -0.4 is 5.32 Å². The molecule has 0 heterocycles. The molecule has 0 saturated heterocycles. The van der Waals surface area contributed by atoms with Gasteiger partial charge in [-0.25, -0.2) is 4.39 Å². The van der Waals surface area contributed by atoms with Crippen molar-refractivity contribution >= 4 is 5.69 Å². The first kappa shape index (κ1) is 17.1. The quantitative estimate of drug-likeness (QED) is 0.634. The molecule has 2 rings (SSSR count). The summed E-state index contributed by atoms with van der Waals surface area (Å²) in [7, 11) is 0. The molecule has 2 N–H and O–H groups in total. The van der Waals surface area contributed by atoms with E-state index in [1.54, 1.807) is 19.9 Å². The Hall–Kier alpha value is -2.31. The van der Waals surface area contributed by atoms with Crippen LogP contribution in [0.2, 0.25) is 0 Å². The van der Waals surface area contributed by atoms with Crippen LogP contribution >= 0.6 is 0 Å². The van der Waals surface area contributed by atoms with Crippen LogP contribution in [0.15, 0.2) is 42.5 Å². The van der Waals surface area contributed by atoms with Gasteiger partial charge >= 0.3 is 0 Å². The van der Waals surface area contributed by atoms with E-state index >= 15 is 0 Å². The third-order valence-electron chi connectivity index (χ3n) is 3.73. The summed E-state index contributed by atoms with van der Waals surface area (Å²) >= 11 is 0. The van der Waals surface area contributed by atoms with Gasteiger partial charge in [-0.2, -0.15) is 0 Å². The number of hydrogen-bond donors (Lipinski definition) is 2. The molecule has 0 bridgehead atoms. The Balaban J connectivity index is 2.00. The fourth-order valence-electron chi connectivity index (χ4n) is 2.32. The topological polar surface area (TPSA) is 75.4 Å². The molecule has 0 aliphatic rings. The summed E-state index contributed by atoms with van der Waals surface area (Å²) in [5, 5.41) is 24.5. The Morgan fingerprint density at radius 2 is 1.91 bits per heavy atom. The number of nitro groups is 1. The smallest absolute Gasteiger partial charge is 0.272 e. The van der Waals surface area contributed by atoms with Crippen LogP contribution in [0.4, 0.5) is 10.1 Å². The predicted molar refractivity (Wildman–Crippen MR) is 85.5 cm³/mol. The van der Waals surface area contributed by atoms with Gasteiger partial charge in [0.05, 0.1) is 10.5 Å². The Morgan fingerprint density at radius 3 is 2.52 bits per heavy atom. The molecule has 0 aliphatic carbocycles. The molecule has 1 unspecified atom stereocenters. The van der Waals surface area contributed by atoms with Gasteiger partial charge < -0.3 is 10.4 Å². The summed E-state index contributed by atoms with van der Waals surface area (Å²) in [6.07, 6.45) is 0. The Bertz CT molecular complexity index is 699. The molecule has 0 radical (unpaired) electrons. The lowest BCUT2D eigenvalue weighted by Gasteiger charge is -2.24. The summed E-state index contributed by atoms with van der Waals surface area (Å²) in [5.74, 6) is -0.357. The number of nitro benzene ring substituents is 1. The second-order valence-corrected chi connectivity index (χ2v) is 5.76. The van der Waals surface area contributed by atoms with Crippen molar-refractivity contribution < 1.29 is 14.4 Å². The Kier molecular flexibility index (Phi) is 5.08. The molecule has 122 valence electrons. The largest absolute Gasteiger partial charge is 0.384 e. The minimum atomic E-state index is -1.16. The standard InChI is InChI=1S/C17H19FN2O3/c1-12-3-4-13(9-16(12)20(22)23)10-19-11-17(2,21)14-5-7-15(18)8-6-14/h3-9,19,21H,10-11H2,1-2H3. The number of nitrogens with one attached hydrogen (secondary N) is 1. The highest BCUT2D eigenvalue weighted by atomic mass is 19.1. The van der Waals surface area contributed by atoms with Crippen molar-refractivity contribution in [1.29, 1.82) is 0 Å². The van der Waals surface area contributed by atoms with Gasteiger partial charge in [0.2, 0.25) is 0 Å². The molecule has 0 amide bonds. The van der Waals surface area contributed by atoms with Crippen molar-refractivity contribution in [2.75, 3.05) is 6.54 Å². The molecular formula is C17H19FN2O3. The lowest BCUT2D eigenvalue weighted by Crippen LogP contribution is -2.35. The maximum atomic E-state index is 12.9. The molecule has 0 saturated carbocycles. The van der Waals surface area contributed by atoms with Crippen LogP contribution in [-0.4, -0.2) is 16.6 Å². The van der Waals surface area contributed by atoms with Crippen molar-refractivity contribution in [3.05, 3.63) is 75.1 Å². The lowest BCUT2D eigenvalue weighted by molar-refractivity contribution is -0.385. The van der Waals surface area contributed by atoms with E-state index in [1.807, 2.05) is 6.07 Å². The number of rotatable bonds is 6. The zero-order valence-electron chi connectivity index (χ0n) is 13.0. The number of halogens is 1. The highest BCUT2D eigenvalue weighted by molar-refractivity contribution is 5.42. The van der Waals surface area contributed by atoms with Crippen molar-refractivity contribution in [2.24, 2.45) is 0 Å². The van der Waals surface area contributed by atoms with Crippen LogP contribution in [0.1, 0.15) is 23.6 Å². The van der Waals surface area contributed by atoms with Crippen LogP contribution in [0.25, 0.3) is 0 Å². The van der Waals surface area contributed by atoms with Crippen molar-refractivity contribution in [3.63, 3.8) is 0 Å². The van der Waals surface area contributed by atoms with Crippen LogP contribution in [0.3, 0.4) is 0 Å². The van der Waals surface area contributed by atoms with E-state index in [2.05, 4.69) is 5.32 Å². The second-order valence-electron chi connectivity index (χ2n) is 5.76. The molecule has 0 spiro atoms. The maximum absolute atomic E-state index is 12.9. The summed E-state index contributed by atoms with van der Waals surface area (Å²) in [6.45, 7) is 3.94. The van der Waals surface area contributed by atoms with Crippen molar-refractivity contribution in [2.45, 2.75) is 26.0 Å². The van der Waals surface area contributed by atoms with E-state index in [0.29, 0.717) is 17.7 Å². The number of benzene rings is 2. The molecule has 5 nitrogen and oxygen atoms in total. The van der Waals surface area contributed by atoms with Gasteiger partial charge in [-0.05, 0) is 37.1 Å². The molecule has 0 aliphatic heterocycles. The van der Waals surface area contributed by atoms with E-state index in [4.69, 9.17) is 0 Å². The average Bonchev–Trinajstić information content (AvgIpc) is 2.49. The van der Waals surface area contributed by atoms with Crippen LogP contribution in [0, 0.1) is 22.9 Å². The zero-order chi connectivity index (χ0) is 17.0. The lowest BCUT2D eigenvalue weighted by atomic mass is 9.96. The van der Waals surface area contributed by atoms with E-state index < -0.39 is 10.5 Å². The van der Waals surface area contributed by atoms with Gasteiger partial charge in [-0.15, -0.1) is 0 Å². The molecule has 0 aromatic heterocycles. The third kappa shape index (κ3) is 4.34. The number of aryl methyl sites for hydroxylation is 1. The average molecular weight is 318 g/mol. The van der Waals surface area contributed by atoms with Gasteiger partial charge in [-0.1, -0.05) is 24.3 Å². The summed E-state index contributed by atoms with van der Waals surface area (Å²) in [4.78, 5) is 10.5. The Labute approximate surface area is 133 Å². The highest BCUT2D eigenvalue weighted by Crippen LogP contribution is 2.21. The van der Waals surface area contributed by atoms with Crippen molar-refractivity contribution in [1.82, 2.24) is 5.32 Å². The van der Waals surface area contributed by atoms with Gasteiger partial charge in [0.15, 0.2) is 0 Å². The number of hydrogen-bond acceptors (Lipinski definition) is 4. The molecule has 6 heteroatoms. The van der Waals surface area contributed by atoms with Gasteiger partial charge in [0, 0.05) is 24.7 Å². The van der Waals surface area contributed by atoms with Gasteiger partial charge in [0.1, 0.15) is 5.82 Å². The molecule has 1 atom stereocenters. The summed E-state index contributed by atoms with van der Waals surface area (Å²) < 4.78 is 12.9. The summed E-state index contributed by atoms with van der Waals surface area (Å²) in [6, 6.07) is 10.7. The fourth-order valence-corrected chi connectivity index (χ4v) is 2.32. The van der Waals surface area contributed by atoms with Gasteiger partial charge in [0.25, 0.3) is 5.69 Å². The predicted octanol–water partition coefficient (Wildman–Crippen LogP) is 3.04. The van der Waals surface area contributed by atoms with Gasteiger partial charge in [-0.3, -0.25) is 10.1 Å². The van der Waals surface area contributed by atoms with Crippen molar-refractivity contribution in [3.8, 4) is 0 Å². The fraction of sp³-hybridized carbons (Fsp3) is 0.294. The normalized spacial score (nSPS) is 13.6. The van der Waals surface area contributed by atoms with Crippen LogP contribution in [0.5, 0.6) is 0 Å². The molecule has 0 fully saturated rings. The number of aliphatic hydroxyl groups is 1. The first-order valence-electron chi connectivity index (χ1n) is 7.22. The van der Waals surface area contributed by atoms with Crippen LogP contribution in [-0.2, 0) is 12.1 Å². The Morgan fingerprint density at radius 1 is 1.26 bits per heavy atom.